The molecule has 4 atom stereocenters. The fraction of sp³-hybridized carbons (Fsp3) is 0.714. The van der Waals surface area contributed by atoms with E-state index in [0.29, 0.717) is 23.7 Å². The van der Waals surface area contributed by atoms with Gasteiger partial charge in [0, 0.05) is 0 Å². The second-order valence-electron chi connectivity index (χ2n) is 13.2. The van der Waals surface area contributed by atoms with Crippen molar-refractivity contribution >= 4 is 11.9 Å². The first-order valence-electron chi connectivity index (χ1n) is 12.8. The number of rotatable bonds is 4. The Morgan fingerprint density at radius 2 is 0.906 bits per heavy atom. The molecule has 1 aromatic carbocycles. The van der Waals surface area contributed by atoms with E-state index in [1.54, 1.807) is 0 Å². The van der Waals surface area contributed by atoms with Crippen LogP contribution in [0.5, 0.6) is 0 Å². The van der Waals surface area contributed by atoms with Crippen LogP contribution in [0.1, 0.15) is 88.2 Å². The molecule has 0 radical (unpaired) electrons. The number of hydrogen-bond donors (Lipinski definition) is 2. The van der Waals surface area contributed by atoms with E-state index >= 15 is 0 Å². The first-order valence-corrected chi connectivity index (χ1v) is 12.8. The molecule has 8 bridgehead atoms. The van der Waals surface area contributed by atoms with Crippen LogP contribution in [0.15, 0.2) is 24.3 Å². The lowest BCUT2D eigenvalue weighted by molar-refractivity contribution is -0.168. The Kier molecular flexibility index (Phi) is 3.67. The lowest BCUT2D eigenvalue weighted by Crippen LogP contribution is -2.57. The summed E-state index contributed by atoms with van der Waals surface area (Å²) in [6.07, 6.45) is 12.1. The van der Waals surface area contributed by atoms with E-state index in [2.05, 4.69) is 24.3 Å². The quantitative estimate of drug-likeness (QED) is 0.653. The minimum Gasteiger partial charge on any atom is -0.481 e. The zero-order valence-electron chi connectivity index (χ0n) is 18.8. The third-order valence-electron chi connectivity index (χ3n) is 11.1. The summed E-state index contributed by atoms with van der Waals surface area (Å²) in [6, 6.07) is 9.24. The van der Waals surface area contributed by atoms with Crippen LogP contribution in [-0.2, 0) is 20.4 Å². The van der Waals surface area contributed by atoms with Gasteiger partial charge in [-0.3, -0.25) is 9.59 Å². The number of carboxylic acid groups (broad SMARTS) is 2. The first kappa shape index (κ1) is 19.6. The lowest BCUT2D eigenvalue weighted by atomic mass is 9.42. The maximum absolute atomic E-state index is 12.3. The Labute approximate surface area is 189 Å². The maximum atomic E-state index is 12.3. The SMILES string of the molecule is O=C(O)C12CC3CC(C1)CC(c1ccc(C45CC6CC(CC(C(=O)O)(C6)C4)C5)cc1)(C3)C2. The highest BCUT2D eigenvalue weighted by molar-refractivity contribution is 5.76. The normalized spacial score (nSPS) is 50.0. The molecule has 8 saturated carbocycles. The van der Waals surface area contributed by atoms with E-state index in [9.17, 15) is 19.8 Å². The van der Waals surface area contributed by atoms with Crippen LogP contribution < -0.4 is 0 Å². The molecule has 4 unspecified atom stereocenters. The molecule has 0 spiro atoms. The molecule has 8 fully saturated rings. The van der Waals surface area contributed by atoms with Gasteiger partial charge in [0.2, 0.25) is 0 Å². The largest absolute Gasteiger partial charge is 0.481 e. The zero-order valence-corrected chi connectivity index (χ0v) is 18.8. The van der Waals surface area contributed by atoms with E-state index in [1.165, 1.54) is 24.0 Å². The molecule has 8 aliphatic rings. The number of carbonyl (C=O) groups is 2. The molecule has 9 rings (SSSR count). The van der Waals surface area contributed by atoms with Crippen molar-refractivity contribution in [3.05, 3.63) is 35.4 Å². The first-order chi connectivity index (χ1) is 15.2. The third kappa shape index (κ3) is 2.45. The van der Waals surface area contributed by atoms with Crippen LogP contribution in [0.2, 0.25) is 0 Å². The second-order valence-corrected chi connectivity index (χ2v) is 13.2. The van der Waals surface area contributed by atoms with Crippen LogP contribution in [0.4, 0.5) is 0 Å². The Balaban J connectivity index is 1.23. The van der Waals surface area contributed by atoms with Crippen LogP contribution in [0.3, 0.4) is 0 Å². The van der Waals surface area contributed by atoms with Gasteiger partial charge < -0.3 is 10.2 Å². The highest BCUT2D eigenvalue weighted by Crippen LogP contribution is 2.67. The topological polar surface area (TPSA) is 74.6 Å². The van der Waals surface area contributed by atoms with Gasteiger partial charge in [0.15, 0.2) is 0 Å². The minimum atomic E-state index is -0.569. The predicted molar refractivity (Wildman–Crippen MR) is 119 cm³/mol. The summed E-state index contributed by atoms with van der Waals surface area (Å²) < 4.78 is 0. The molecule has 4 nitrogen and oxygen atoms in total. The van der Waals surface area contributed by atoms with Gasteiger partial charge in [-0.05, 0) is 123 Å². The molecule has 0 saturated heterocycles. The molecule has 0 amide bonds. The van der Waals surface area contributed by atoms with Gasteiger partial charge in [0.05, 0.1) is 10.8 Å². The molecule has 0 heterocycles. The minimum absolute atomic E-state index is 0.0325. The van der Waals surface area contributed by atoms with E-state index in [4.69, 9.17) is 0 Å². The molecule has 32 heavy (non-hydrogen) atoms. The van der Waals surface area contributed by atoms with Crippen molar-refractivity contribution in [1.82, 2.24) is 0 Å². The van der Waals surface area contributed by atoms with Gasteiger partial charge in [-0.2, -0.15) is 0 Å². The smallest absolute Gasteiger partial charge is 0.309 e. The summed E-state index contributed by atoms with van der Waals surface area (Å²) in [5.41, 5.74) is 1.75. The van der Waals surface area contributed by atoms with Crippen LogP contribution >= 0.6 is 0 Å². The maximum Gasteiger partial charge on any atom is 0.309 e. The third-order valence-corrected chi connectivity index (χ3v) is 11.1. The van der Waals surface area contributed by atoms with Crippen molar-refractivity contribution in [2.24, 2.45) is 34.5 Å². The van der Waals surface area contributed by atoms with Crippen molar-refractivity contribution in [2.75, 3.05) is 0 Å². The summed E-state index contributed by atoms with van der Waals surface area (Å²) in [6.45, 7) is 0. The summed E-state index contributed by atoms with van der Waals surface area (Å²) in [5.74, 6) is 1.10. The zero-order chi connectivity index (χ0) is 21.9. The summed E-state index contributed by atoms with van der Waals surface area (Å²) >= 11 is 0. The second kappa shape index (κ2) is 5.98. The monoisotopic (exact) mass is 434 g/mol. The fourth-order valence-electron chi connectivity index (χ4n) is 10.9. The van der Waals surface area contributed by atoms with E-state index in [-0.39, 0.29) is 10.8 Å². The highest BCUT2D eigenvalue weighted by Gasteiger charge is 2.63. The van der Waals surface area contributed by atoms with Gasteiger partial charge >= 0.3 is 11.9 Å². The van der Waals surface area contributed by atoms with Gasteiger partial charge in [0.1, 0.15) is 0 Å². The molecule has 0 aromatic heterocycles. The van der Waals surface area contributed by atoms with Crippen molar-refractivity contribution in [3.8, 4) is 0 Å². The van der Waals surface area contributed by atoms with Crippen LogP contribution in [0.25, 0.3) is 0 Å². The van der Waals surface area contributed by atoms with E-state index in [0.717, 1.165) is 64.2 Å². The fourth-order valence-corrected chi connectivity index (χ4v) is 10.9. The number of hydrogen-bond acceptors (Lipinski definition) is 2. The summed E-state index contributed by atoms with van der Waals surface area (Å²) in [7, 11) is 0. The molecule has 8 aliphatic carbocycles. The molecular formula is C28H34O4. The van der Waals surface area contributed by atoms with Crippen molar-refractivity contribution in [3.63, 3.8) is 0 Å². The van der Waals surface area contributed by atoms with Gasteiger partial charge in [-0.1, -0.05) is 24.3 Å². The standard InChI is InChI=1S/C28H34O4/c29-23(30)27-11-17-5-18(12-27)8-25(7-17,15-27)21-1-2-22(4-3-21)26-9-19-6-20(10-26)14-28(13-19,16-26)24(31)32/h1-4,17-20H,5-16H2,(H,29,30)(H,31,32). The Bertz CT molecular complexity index is 898. The molecule has 0 aliphatic heterocycles. The number of carboxylic acids is 2. The average Bonchev–Trinajstić information content (AvgIpc) is 2.72. The Hall–Kier alpha value is -1.84. The van der Waals surface area contributed by atoms with Gasteiger partial charge in [0.25, 0.3) is 0 Å². The summed E-state index contributed by atoms with van der Waals surface area (Å²) in [5, 5.41) is 20.2. The van der Waals surface area contributed by atoms with Crippen molar-refractivity contribution in [2.45, 2.75) is 87.9 Å². The van der Waals surface area contributed by atoms with Gasteiger partial charge in [-0.25, -0.2) is 0 Å². The Morgan fingerprint density at radius 1 is 0.594 bits per heavy atom. The Morgan fingerprint density at radius 3 is 1.19 bits per heavy atom. The van der Waals surface area contributed by atoms with Crippen molar-refractivity contribution in [1.29, 1.82) is 0 Å². The number of aliphatic carboxylic acids is 2. The predicted octanol–water partition coefficient (Wildman–Crippen LogP) is 5.53. The molecular weight excluding hydrogens is 400 g/mol. The molecule has 170 valence electrons. The van der Waals surface area contributed by atoms with Crippen molar-refractivity contribution < 1.29 is 19.8 Å². The van der Waals surface area contributed by atoms with E-state index < -0.39 is 22.8 Å². The molecule has 2 N–H and O–H groups in total. The molecule has 1 aromatic rings. The number of benzene rings is 1. The van der Waals surface area contributed by atoms with Gasteiger partial charge in [-0.15, -0.1) is 0 Å². The highest BCUT2D eigenvalue weighted by atomic mass is 16.4. The average molecular weight is 435 g/mol. The molecule has 4 heteroatoms. The van der Waals surface area contributed by atoms with Crippen LogP contribution in [0, 0.1) is 34.5 Å². The lowest BCUT2D eigenvalue weighted by Gasteiger charge is -2.61. The van der Waals surface area contributed by atoms with Crippen LogP contribution in [-0.4, -0.2) is 22.2 Å². The summed E-state index contributed by atoms with van der Waals surface area (Å²) in [4.78, 5) is 24.6. The van der Waals surface area contributed by atoms with E-state index in [1.807, 2.05) is 0 Å².